The van der Waals surface area contributed by atoms with Crippen LogP contribution >= 0.6 is 0 Å². The molecule has 0 amide bonds. The van der Waals surface area contributed by atoms with Crippen LogP contribution < -0.4 is 5.73 Å². The number of carboxylic acids is 1. The first-order chi connectivity index (χ1) is 4.54. The average molecular weight is 141 g/mol. The number of hydrogen-bond donors (Lipinski definition) is 2. The second-order valence-corrected chi connectivity index (χ2v) is 2.05. The van der Waals surface area contributed by atoms with E-state index in [-0.39, 0.29) is 0 Å². The molecule has 0 bridgehead atoms. The van der Waals surface area contributed by atoms with Gasteiger partial charge in [0.25, 0.3) is 0 Å². The van der Waals surface area contributed by atoms with E-state index in [4.69, 9.17) is 10.8 Å². The van der Waals surface area contributed by atoms with Crippen molar-refractivity contribution < 1.29 is 9.90 Å². The van der Waals surface area contributed by atoms with Gasteiger partial charge in [0.1, 0.15) is 0 Å². The Morgan fingerprint density at radius 1 is 1.80 bits per heavy atom. The lowest BCUT2D eigenvalue weighted by Crippen LogP contribution is -1.98. The molecule has 0 aromatic heterocycles. The Balaban J connectivity index is 3.92. The van der Waals surface area contributed by atoms with E-state index in [0.29, 0.717) is 17.7 Å². The largest absolute Gasteiger partial charge is 0.478 e. The predicted octanol–water partition coefficient (Wildman–Crippen LogP) is 0.880. The third-order valence-corrected chi connectivity index (χ3v) is 1.01. The first-order valence-electron chi connectivity index (χ1n) is 2.87. The minimum Gasteiger partial charge on any atom is -0.478 e. The summed E-state index contributed by atoms with van der Waals surface area (Å²) in [6.07, 6.45) is 1.96. The summed E-state index contributed by atoms with van der Waals surface area (Å²) >= 11 is 0. The Bertz CT molecular complexity index is 182. The molecular weight excluding hydrogens is 130 g/mol. The van der Waals surface area contributed by atoms with E-state index in [9.17, 15) is 4.79 Å². The summed E-state index contributed by atoms with van der Waals surface area (Å²) in [5, 5.41) is 8.36. The first kappa shape index (κ1) is 8.75. The van der Waals surface area contributed by atoms with Crippen molar-refractivity contribution in [3.05, 3.63) is 23.9 Å². The zero-order valence-electron chi connectivity index (χ0n) is 5.92. The Morgan fingerprint density at radius 2 is 2.30 bits per heavy atom. The fraction of sp³-hybridized carbons (Fsp3) is 0.286. The fourth-order valence-corrected chi connectivity index (χ4v) is 0.371. The van der Waals surface area contributed by atoms with Gasteiger partial charge >= 0.3 is 5.97 Å². The van der Waals surface area contributed by atoms with E-state index in [1.54, 1.807) is 0 Å². The second kappa shape index (κ2) is 3.71. The van der Waals surface area contributed by atoms with Gasteiger partial charge in [0.05, 0.1) is 0 Å². The molecule has 0 atom stereocenters. The van der Waals surface area contributed by atoms with Crippen molar-refractivity contribution in [2.75, 3.05) is 0 Å². The Morgan fingerprint density at radius 3 is 2.60 bits per heavy atom. The molecule has 0 aliphatic carbocycles. The van der Waals surface area contributed by atoms with Crippen LogP contribution in [0.4, 0.5) is 0 Å². The van der Waals surface area contributed by atoms with Gasteiger partial charge in [-0.1, -0.05) is 12.7 Å². The molecule has 3 heteroatoms. The zero-order chi connectivity index (χ0) is 8.15. The van der Waals surface area contributed by atoms with Crippen molar-refractivity contribution in [2.45, 2.75) is 13.3 Å². The number of rotatable bonds is 3. The molecular formula is C7H11NO2. The Hall–Kier alpha value is -1.25. The number of aliphatic carboxylic acids is 1. The second-order valence-electron chi connectivity index (χ2n) is 2.05. The fourth-order valence-electron chi connectivity index (χ4n) is 0.371. The summed E-state index contributed by atoms with van der Waals surface area (Å²) < 4.78 is 0. The molecule has 0 fully saturated rings. The molecule has 0 spiro atoms. The molecule has 0 saturated heterocycles. The highest BCUT2D eigenvalue weighted by Crippen LogP contribution is 1.97. The SMILES string of the molecule is C=C(N)CC=C(C)C(=O)O. The normalized spacial score (nSPS) is 11.1. The van der Waals surface area contributed by atoms with Crippen molar-refractivity contribution in [1.29, 1.82) is 0 Å². The van der Waals surface area contributed by atoms with E-state index >= 15 is 0 Å². The van der Waals surface area contributed by atoms with Crippen molar-refractivity contribution in [1.82, 2.24) is 0 Å². The molecule has 0 aromatic carbocycles. The van der Waals surface area contributed by atoms with Crippen molar-refractivity contribution in [3.63, 3.8) is 0 Å². The summed E-state index contributed by atoms with van der Waals surface area (Å²) in [5.74, 6) is -0.916. The molecule has 0 aromatic rings. The van der Waals surface area contributed by atoms with Gasteiger partial charge in [0.15, 0.2) is 0 Å². The van der Waals surface area contributed by atoms with Crippen LogP contribution in [0.1, 0.15) is 13.3 Å². The van der Waals surface area contributed by atoms with E-state index < -0.39 is 5.97 Å². The lowest BCUT2D eigenvalue weighted by molar-refractivity contribution is -0.132. The number of nitrogens with two attached hydrogens (primary N) is 1. The Kier molecular flexibility index (Phi) is 3.25. The summed E-state index contributed by atoms with van der Waals surface area (Å²) in [6.45, 7) is 4.95. The van der Waals surface area contributed by atoms with Gasteiger partial charge in [-0.2, -0.15) is 0 Å². The lowest BCUT2D eigenvalue weighted by Gasteiger charge is -1.92. The highest BCUT2D eigenvalue weighted by Gasteiger charge is 1.97. The maximum Gasteiger partial charge on any atom is 0.330 e. The molecule has 0 aliphatic rings. The van der Waals surface area contributed by atoms with Gasteiger partial charge in [0, 0.05) is 17.7 Å². The van der Waals surface area contributed by atoms with Gasteiger partial charge in [0.2, 0.25) is 0 Å². The predicted molar refractivity (Wildman–Crippen MR) is 39.3 cm³/mol. The van der Waals surface area contributed by atoms with Crippen LogP contribution in [0, 0.1) is 0 Å². The van der Waals surface area contributed by atoms with Crippen LogP contribution in [0.15, 0.2) is 23.9 Å². The zero-order valence-corrected chi connectivity index (χ0v) is 5.92. The van der Waals surface area contributed by atoms with Gasteiger partial charge in [-0.15, -0.1) is 0 Å². The van der Waals surface area contributed by atoms with Crippen LogP contribution in [0.25, 0.3) is 0 Å². The molecule has 10 heavy (non-hydrogen) atoms. The van der Waals surface area contributed by atoms with E-state index in [0.717, 1.165) is 0 Å². The van der Waals surface area contributed by atoms with Crippen LogP contribution in [-0.4, -0.2) is 11.1 Å². The third kappa shape index (κ3) is 3.72. The number of carbonyl (C=O) groups is 1. The molecule has 3 N–H and O–H groups in total. The quantitative estimate of drug-likeness (QED) is 0.573. The summed E-state index contributed by atoms with van der Waals surface area (Å²) in [7, 11) is 0. The summed E-state index contributed by atoms with van der Waals surface area (Å²) in [5.41, 5.74) is 5.98. The summed E-state index contributed by atoms with van der Waals surface area (Å²) in [4.78, 5) is 10.2. The summed E-state index contributed by atoms with van der Waals surface area (Å²) in [6, 6.07) is 0. The molecule has 0 unspecified atom stereocenters. The van der Waals surface area contributed by atoms with Crippen LogP contribution in [-0.2, 0) is 4.79 Å². The molecule has 0 aliphatic heterocycles. The first-order valence-corrected chi connectivity index (χ1v) is 2.87. The highest BCUT2D eigenvalue weighted by atomic mass is 16.4. The molecule has 3 nitrogen and oxygen atoms in total. The smallest absolute Gasteiger partial charge is 0.330 e. The van der Waals surface area contributed by atoms with Crippen LogP contribution in [0.3, 0.4) is 0 Å². The van der Waals surface area contributed by atoms with Crippen molar-refractivity contribution >= 4 is 5.97 Å². The van der Waals surface area contributed by atoms with Crippen molar-refractivity contribution in [2.24, 2.45) is 5.73 Å². The van der Waals surface area contributed by atoms with Crippen LogP contribution in [0.5, 0.6) is 0 Å². The monoisotopic (exact) mass is 141 g/mol. The third-order valence-electron chi connectivity index (χ3n) is 1.01. The lowest BCUT2D eigenvalue weighted by atomic mass is 10.2. The van der Waals surface area contributed by atoms with E-state index in [1.165, 1.54) is 13.0 Å². The number of allylic oxidation sites excluding steroid dienone is 1. The van der Waals surface area contributed by atoms with Gasteiger partial charge < -0.3 is 10.8 Å². The topological polar surface area (TPSA) is 63.3 Å². The van der Waals surface area contributed by atoms with Gasteiger partial charge in [-0.05, 0) is 6.92 Å². The molecule has 56 valence electrons. The van der Waals surface area contributed by atoms with E-state index in [2.05, 4.69) is 6.58 Å². The number of hydrogen-bond acceptors (Lipinski definition) is 2. The maximum absolute atomic E-state index is 10.2. The standard InChI is InChI=1S/C7H11NO2/c1-5(7(9)10)3-4-6(2)8/h3H,2,4,8H2,1H3,(H,9,10). The number of carboxylic acid groups (broad SMARTS) is 1. The van der Waals surface area contributed by atoms with Gasteiger partial charge in [-0.25, -0.2) is 4.79 Å². The van der Waals surface area contributed by atoms with Crippen molar-refractivity contribution in [3.8, 4) is 0 Å². The Labute approximate surface area is 59.8 Å². The molecule has 0 saturated carbocycles. The highest BCUT2D eigenvalue weighted by molar-refractivity contribution is 5.85. The maximum atomic E-state index is 10.2. The molecule has 0 rings (SSSR count). The minimum absolute atomic E-state index is 0.298. The molecule has 0 heterocycles. The van der Waals surface area contributed by atoms with Gasteiger partial charge in [-0.3, -0.25) is 0 Å². The minimum atomic E-state index is -0.916. The van der Waals surface area contributed by atoms with E-state index in [1.807, 2.05) is 0 Å². The average Bonchev–Trinajstić information content (AvgIpc) is 1.82. The van der Waals surface area contributed by atoms with Crippen LogP contribution in [0.2, 0.25) is 0 Å². The molecule has 0 radical (unpaired) electrons.